The number of carbonyl (C=O) groups excluding carboxylic acids is 1. The first-order valence-corrected chi connectivity index (χ1v) is 8.07. The van der Waals surface area contributed by atoms with Crippen LogP contribution in [0.3, 0.4) is 0 Å². The van der Waals surface area contributed by atoms with Crippen molar-refractivity contribution in [1.29, 1.82) is 10.5 Å². The molecule has 8 heteroatoms. The number of hydrogen-bond acceptors (Lipinski definition) is 7. The molecule has 132 valence electrons. The Morgan fingerprint density at radius 1 is 1.46 bits per heavy atom. The van der Waals surface area contributed by atoms with Crippen LogP contribution in [0.2, 0.25) is 0 Å². The summed E-state index contributed by atoms with van der Waals surface area (Å²) in [5.74, 6) is 0.333. The van der Waals surface area contributed by atoms with Crippen LogP contribution in [0.25, 0.3) is 11.3 Å². The van der Waals surface area contributed by atoms with Crippen molar-refractivity contribution < 1.29 is 13.9 Å². The second kappa shape index (κ2) is 7.16. The molecule has 1 unspecified atom stereocenters. The molecule has 1 aliphatic heterocycles. The van der Waals surface area contributed by atoms with Crippen molar-refractivity contribution in [3.05, 3.63) is 35.9 Å². The van der Waals surface area contributed by atoms with Gasteiger partial charge in [-0.1, -0.05) is 0 Å². The van der Waals surface area contributed by atoms with Crippen LogP contribution in [-0.2, 0) is 0 Å². The van der Waals surface area contributed by atoms with Gasteiger partial charge in [-0.3, -0.25) is 4.79 Å². The first-order chi connectivity index (χ1) is 12.5. The lowest BCUT2D eigenvalue weighted by Gasteiger charge is -2.11. The third-order valence-electron chi connectivity index (χ3n) is 4.33. The van der Waals surface area contributed by atoms with Crippen molar-refractivity contribution in [2.75, 3.05) is 13.7 Å². The van der Waals surface area contributed by atoms with Gasteiger partial charge in [-0.25, -0.2) is 4.98 Å². The van der Waals surface area contributed by atoms with Crippen LogP contribution in [0.1, 0.15) is 29.6 Å². The fraction of sp³-hybridized carbons (Fsp3) is 0.333. The van der Waals surface area contributed by atoms with E-state index >= 15 is 0 Å². The first-order valence-electron chi connectivity index (χ1n) is 8.07. The Morgan fingerprint density at radius 2 is 2.27 bits per heavy atom. The van der Waals surface area contributed by atoms with Crippen molar-refractivity contribution in [1.82, 2.24) is 15.2 Å². The number of ether oxygens (including phenoxy) is 1. The van der Waals surface area contributed by atoms with E-state index in [0.29, 0.717) is 35.6 Å². The molecule has 26 heavy (non-hydrogen) atoms. The Bertz CT molecular complexity index is 908. The molecule has 0 spiro atoms. The highest BCUT2D eigenvalue weighted by molar-refractivity contribution is 5.90. The van der Waals surface area contributed by atoms with E-state index in [1.165, 1.54) is 13.3 Å². The van der Waals surface area contributed by atoms with Crippen molar-refractivity contribution in [3.63, 3.8) is 0 Å². The number of hydrogen-bond donors (Lipinski definition) is 1. The van der Waals surface area contributed by atoms with Crippen LogP contribution in [0.5, 0.6) is 5.75 Å². The Balaban J connectivity index is 1.77. The van der Waals surface area contributed by atoms with Crippen LogP contribution in [0.4, 0.5) is 0 Å². The van der Waals surface area contributed by atoms with Crippen LogP contribution in [0, 0.1) is 22.8 Å². The smallest absolute Gasteiger partial charge is 0.307 e. The minimum atomic E-state index is -0.441. The molecule has 1 fully saturated rings. The molecule has 1 saturated heterocycles. The topological polar surface area (TPSA) is 115 Å². The Morgan fingerprint density at radius 3 is 2.92 bits per heavy atom. The molecule has 0 aliphatic carbocycles. The number of likely N-dealkylation sites (tertiary alicyclic amines) is 1. The number of nitriles is 2. The third-order valence-corrected chi connectivity index (χ3v) is 4.33. The van der Waals surface area contributed by atoms with Crippen molar-refractivity contribution in [2.24, 2.45) is 0 Å². The third kappa shape index (κ3) is 3.31. The van der Waals surface area contributed by atoms with Gasteiger partial charge < -0.3 is 19.4 Å². The maximum absolute atomic E-state index is 12.4. The highest BCUT2D eigenvalue weighted by Crippen LogP contribution is 2.31. The highest BCUT2D eigenvalue weighted by atomic mass is 16.5. The zero-order valence-electron chi connectivity index (χ0n) is 14.4. The molecule has 3 rings (SSSR count). The number of oxazole rings is 1. The van der Waals surface area contributed by atoms with Crippen LogP contribution in [-0.4, -0.2) is 41.5 Å². The molecular formula is C18H17N5O3. The zero-order chi connectivity index (χ0) is 18.7. The molecule has 0 saturated carbocycles. The lowest BCUT2D eigenvalue weighted by Crippen LogP contribution is -2.36. The number of benzene rings is 1. The van der Waals surface area contributed by atoms with E-state index in [0.717, 1.165) is 0 Å². The van der Waals surface area contributed by atoms with E-state index in [9.17, 15) is 4.79 Å². The van der Waals surface area contributed by atoms with Crippen LogP contribution < -0.4 is 10.1 Å². The van der Waals surface area contributed by atoms with Crippen LogP contribution in [0.15, 0.2) is 28.8 Å². The average Bonchev–Trinajstić information content (AvgIpc) is 3.27. The highest BCUT2D eigenvalue weighted by Gasteiger charge is 2.30. The summed E-state index contributed by atoms with van der Waals surface area (Å²) in [6.07, 6.45) is 4.22. The second-order valence-electron chi connectivity index (χ2n) is 6.06. The normalized spacial score (nSPS) is 18.8. The predicted octanol–water partition coefficient (Wildman–Crippen LogP) is 1.90. The lowest BCUT2D eigenvalue weighted by molar-refractivity contribution is 0.0904. The number of aromatic nitrogens is 1. The number of amides is 1. The summed E-state index contributed by atoms with van der Waals surface area (Å²) in [6, 6.07) is 6.91. The average molecular weight is 351 g/mol. The molecule has 2 heterocycles. The quantitative estimate of drug-likeness (QED) is 0.836. The zero-order valence-corrected chi connectivity index (χ0v) is 14.4. The number of carbonyl (C=O) groups is 1. The fourth-order valence-electron chi connectivity index (χ4n) is 3.00. The van der Waals surface area contributed by atoms with Gasteiger partial charge in [0, 0.05) is 18.6 Å². The molecule has 2 aromatic rings. The van der Waals surface area contributed by atoms with Gasteiger partial charge in [0.2, 0.25) is 0 Å². The summed E-state index contributed by atoms with van der Waals surface area (Å²) in [5.41, 5.74) is 0.989. The van der Waals surface area contributed by atoms with E-state index in [-0.39, 0.29) is 18.0 Å². The van der Waals surface area contributed by atoms with Gasteiger partial charge in [0.1, 0.15) is 5.75 Å². The molecule has 0 radical (unpaired) electrons. The lowest BCUT2D eigenvalue weighted by atomic mass is 10.1. The van der Waals surface area contributed by atoms with Gasteiger partial charge in [0.25, 0.3) is 5.89 Å². The summed E-state index contributed by atoms with van der Waals surface area (Å²) in [4.78, 5) is 18.0. The molecule has 1 N–H and O–H groups in total. The van der Waals surface area contributed by atoms with Gasteiger partial charge in [-0.05, 0) is 31.5 Å². The monoisotopic (exact) mass is 351 g/mol. The summed E-state index contributed by atoms with van der Waals surface area (Å²) in [7, 11) is 1.51. The Labute approximate surface area is 150 Å². The first kappa shape index (κ1) is 17.3. The summed E-state index contributed by atoms with van der Waals surface area (Å²) in [6.45, 7) is 2.40. The summed E-state index contributed by atoms with van der Waals surface area (Å²) in [5, 5.41) is 20.9. The summed E-state index contributed by atoms with van der Waals surface area (Å²) >= 11 is 0. The van der Waals surface area contributed by atoms with Crippen molar-refractivity contribution in [2.45, 2.75) is 25.4 Å². The number of nitrogens with zero attached hydrogens (tertiary/aromatic N) is 4. The maximum atomic E-state index is 12.4. The van der Waals surface area contributed by atoms with Gasteiger partial charge in [0.05, 0.1) is 30.5 Å². The standard InChI is InChI=1S/C18H17N5O3/c1-11-5-13(9-23(11)10-20)22-17(24)18-21-8-16(26-18)14-6-12(7-19)3-4-15(14)25-2/h3-4,6,8,11,13H,5,9H2,1-2H3,(H,22,24)/t11?,13-/m1/s1. The maximum Gasteiger partial charge on any atom is 0.307 e. The molecule has 1 amide bonds. The van der Waals surface area contributed by atoms with Gasteiger partial charge in [0.15, 0.2) is 12.0 Å². The number of rotatable bonds is 4. The number of methoxy groups -OCH3 is 1. The molecule has 0 bridgehead atoms. The minimum absolute atomic E-state index is 0.0764. The Hall–Kier alpha value is -3.52. The SMILES string of the molecule is COc1ccc(C#N)cc1-c1cnc(C(=O)N[C@@H]2CC(C)N(C#N)C2)o1. The van der Waals surface area contributed by atoms with E-state index in [1.807, 2.05) is 6.92 Å². The van der Waals surface area contributed by atoms with Crippen molar-refractivity contribution >= 4 is 5.91 Å². The van der Waals surface area contributed by atoms with Crippen LogP contribution >= 0.6 is 0 Å². The fourth-order valence-corrected chi connectivity index (χ4v) is 3.00. The predicted molar refractivity (Wildman–Crippen MR) is 90.9 cm³/mol. The Kier molecular flexibility index (Phi) is 4.76. The minimum Gasteiger partial charge on any atom is -0.496 e. The molecule has 1 aromatic heterocycles. The molecule has 1 aromatic carbocycles. The van der Waals surface area contributed by atoms with Crippen molar-refractivity contribution in [3.8, 4) is 29.3 Å². The van der Waals surface area contributed by atoms with Gasteiger partial charge in [-0.2, -0.15) is 10.5 Å². The molecular weight excluding hydrogens is 334 g/mol. The molecule has 1 aliphatic rings. The second-order valence-corrected chi connectivity index (χ2v) is 6.06. The van der Waals surface area contributed by atoms with Gasteiger partial charge in [-0.15, -0.1) is 0 Å². The number of nitrogens with one attached hydrogen (secondary N) is 1. The molecule has 2 atom stereocenters. The summed E-state index contributed by atoms with van der Waals surface area (Å²) < 4.78 is 10.9. The largest absolute Gasteiger partial charge is 0.496 e. The van der Waals surface area contributed by atoms with E-state index in [1.54, 1.807) is 23.1 Å². The molecule has 8 nitrogen and oxygen atoms in total. The van der Waals surface area contributed by atoms with E-state index in [4.69, 9.17) is 19.7 Å². The van der Waals surface area contributed by atoms with Gasteiger partial charge >= 0.3 is 5.91 Å². The van der Waals surface area contributed by atoms with E-state index < -0.39 is 5.91 Å². The van der Waals surface area contributed by atoms with E-state index in [2.05, 4.69) is 22.6 Å².